The summed E-state index contributed by atoms with van der Waals surface area (Å²) in [6.45, 7) is 5.07. The molecule has 4 rings (SSSR count). The molecule has 2 N–H and O–H groups in total. The highest BCUT2D eigenvalue weighted by molar-refractivity contribution is 9.10. The number of nitrogens with one attached hydrogen (secondary N) is 2. The molecule has 1 saturated heterocycles. The van der Waals surface area contributed by atoms with Gasteiger partial charge in [-0.2, -0.15) is 0 Å². The predicted molar refractivity (Wildman–Crippen MR) is 125 cm³/mol. The van der Waals surface area contributed by atoms with Crippen molar-refractivity contribution in [3.05, 3.63) is 94.0 Å². The largest absolute Gasteiger partial charge is 0.489 e. The van der Waals surface area contributed by atoms with Gasteiger partial charge in [-0.25, -0.2) is 0 Å². The van der Waals surface area contributed by atoms with E-state index in [0.717, 1.165) is 54.3 Å². The first kappa shape index (κ1) is 21.6. The molecule has 160 valence electrons. The number of rotatable bonds is 7. The second-order valence-electron chi connectivity index (χ2n) is 7.63. The standard InChI is InChI=1S/C25H25BrN2O3/c26-22-8-10-24(11-9-22)31-18-19-4-6-21(7-5-19)25(29)27-23-3-1-2-20(16-23)17-28-12-14-30-15-13-28/h1-11,16H,12-15,17-18H2,(H,27,29)/p+1. The second kappa shape index (κ2) is 10.6. The highest BCUT2D eigenvalue weighted by Crippen LogP contribution is 2.18. The van der Waals surface area contributed by atoms with Crippen LogP contribution in [0.15, 0.2) is 77.3 Å². The molecule has 0 unspecified atom stereocenters. The van der Waals surface area contributed by atoms with E-state index in [0.29, 0.717) is 12.2 Å². The first-order valence-electron chi connectivity index (χ1n) is 10.4. The van der Waals surface area contributed by atoms with Gasteiger partial charge >= 0.3 is 0 Å². The van der Waals surface area contributed by atoms with Gasteiger partial charge in [0.15, 0.2) is 0 Å². The van der Waals surface area contributed by atoms with Crippen molar-refractivity contribution in [2.45, 2.75) is 13.2 Å². The number of anilines is 1. The third kappa shape index (κ3) is 6.40. The Labute approximate surface area is 191 Å². The zero-order valence-electron chi connectivity index (χ0n) is 17.3. The van der Waals surface area contributed by atoms with Crippen LogP contribution in [0, 0.1) is 0 Å². The van der Waals surface area contributed by atoms with Crippen LogP contribution in [0.3, 0.4) is 0 Å². The molecule has 3 aromatic rings. The molecule has 6 heteroatoms. The number of hydrogen-bond acceptors (Lipinski definition) is 3. The lowest BCUT2D eigenvalue weighted by atomic mass is 10.1. The number of quaternary nitrogens is 1. The fourth-order valence-electron chi connectivity index (χ4n) is 3.54. The Hall–Kier alpha value is -2.67. The maximum atomic E-state index is 12.7. The lowest BCUT2D eigenvalue weighted by Crippen LogP contribution is -3.12. The molecule has 0 atom stereocenters. The van der Waals surface area contributed by atoms with Crippen LogP contribution in [0.25, 0.3) is 0 Å². The monoisotopic (exact) mass is 481 g/mol. The maximum absolute atomic E-state index is 12.7. The summed E-state index contributed by atoms with van der Waals surface area (Å²) >= 11 is 3.41. The summed E-state index contributed by atoms with van der Waals surface area (Å²) < 4.78 is 12.2. The molecule has 1 heterocycles. The Bertz CT molecular complexity index is 1000. The van der Waals surface area contributed by atoms with Crippen molar-refractivity contribution in [1.82, 2.24) is 0 Å². The lowest BCUT2D eigenvalue weighted by Gasteiger charge is -2.23. The SMILES string of the molecule is O=C(Nc1cccc(C[NH+]2CCOCC2)c1)c1ccc(COc2ccc(Br)cc2)cc1. The van der Waals surface area contributed by atoms with Crippen LogP contribution < -0.4 is 15.0 Å². The number of morpholine rings is 1. The molecule has 3 aromatic carbocycles. The molecular formula is C25H26BrN2O3+. The minimum absolute atomic E-state index is 0.115. The summed E-state index contributed by atoms with van der Waals surface area (Å²) in [5.74, 6) is 0.695. The van der Waals surface area contributed by atoms with Crippen molar-refractivity contribution in [2.75, 3.05) is 31.6 Å². The van der Waals surface area contributed by atoms with E-state index in [1.807, 2.05) is 60.7 Å². The van der Waals surface area contributed by atoms with Gasteiger partial charge in [-0.3, -0.25) is 4.79 Å². The molecule has 0 aliphatic carbocycles. The predicted octanol–water partition coefficient (Wildman–Crippen LogP) is 3.70. The fraction of sp³-hybridized carbons (Fsp3) is 0.240. The zero-order valence-corrected chi connectivity index (χ0v) is 18.9. The fourth-order valence-corrected chi connectivity index (χ4v) is 3.80. The smallest absolute Gasteiger partial charge is 0.255 e. The van der Waals surface area contributed by atoms with E-state index in [1.165, 1.54) is 10.5 Å². The van der Waals surface area contributed by atoms with Crippen LogP contribution in [0.1, 0.15) is 21.5 Å². The summed E-state index contributed by atoms with van der Waals surface area (Å²) in [5, 5.41) is 3.01. The molecule has 0 bridgehead atoms. The molecule has 0 radical (unpaired) electrons. The molecule has 5 nitrogen and oxygen atoms in total. The Balaban J connectivity index is 1.32. The normalized spacial score (nSPS) is 14.2. The van der Waals surface area contributed by atoms with Crippen molar-refractivity contribution in [2.24, 2.45) is 0 Å². The number of carbonyl (C=O) groups excluding carboxylic acids is 1. The van der Waals surface area contributed by atoms with Crippen LogP contribution >= 0.6 is 15.9 Å². The van der Waals surface area contributed by atoms with Crippen LogP contribution in [0.5, 0.6) is 5.75 Å². The van der Waals surface area contributed by atoms with E-state index < -0.39 is 0 Å². The number of hydrogen-bond donors (Lipinski definition) is 2. The molecule has 0 spiro atoms. The van der Waals surface area contributed by atoms with Gasteiger partial charge in [0.05, 0.1) is 13.2 Å². The van der Waals surface area contributed by atoms with Crippen LogP contribution in [-0.4, -0.2) is 32.2 Å². The molecule has 1 aliphatic rings. The van der Waals surface area contributed by atoms with Gasteiger partial charge in [0, 0.05) is 21.3 Å². The Morgan fingerprint density at radius 2 is 1.71 bits per heavy atom. The van der Waals surface area contributed by atoms with Crippen molar-refractivity contribution < 1.29 is 19.2 Å². The first-order valence-corrected chi connectivity index (χ1v) is 11.2. The number of amides is 1. The van der Waals surface area contributed by atoms with Gasteiger partial charge in [-0.1, -0.05) is 40.2 Å². The Morgan fingerprint density at radius 1 is 0.968 bits per heavy atom. The van der Waals surface area contributed by atoms with Crippen LogP contribution in [0.4, 0.5) is 5.69 Å². The summed E-state index contributed by atoms with van der Waals surface area (Å²) in [4.78, 5) is 14.2. The van der Waals surface area contributed by atoms with Crippen molar-refractivity contribution >= 4 is 27.5 Å². The number of halogens is 1. The summed E-state index contributed by atoms with van der Waals surface area (Å²) in [6.07, 6.45) is 0. The molecule has 0 aromatic heterocycles. The molecule has 1 aliphatic heterocycles. The van der Waals surface area contributed by atoms with Gasteiger partial charge in [-0.15, -0.1) is 0 Å². The van der Waals surface area contributed by atoms with Crippen molar-refractivity contribution in [1.29, 1.82) is 0 Å². The van der Waals surface area contributed by atoms with Crippen molar-refractivity contribution in [3.8, 4) is 5.75 Å². The highest BCUT2D eigenvalue weighted by Gasteiger charge is 2.14. The summed E-state index contributed by atoms with van der Waals surface area (Å²) in [6, 6.07) is 23.3. The zero-order chi connectivity index (χ0) is 21.5. The first-order chi connectivity index (χ1) is 15.2. The topological polar surface area (TPSA) is 52.0 Å². The highest BCUT2D eigenvalue weighted by atomic mass is 79.9. The van der Waals surface area contributed by atoms with Crippen LogP contribution in [-0.2, 0) is 17.9 Å². The maximum Gasteiger partial charge on any atom is 0.255 e. The second-order valence-corrected chi connectivity index (χ2v) is 8.55. The average molecular weight is 482 g/mol. The van der Waals surface area contributed by atoms with Gasteiger partial charge < -0.3 is 19.7 Å². The number of ether oxygens (including phenoxy) is 2. The van der Waals surface area contributed by atoms with E-state index in [1.54, 1.807) is 0 Å². The Morgan fingerprint density at radius 3 is 2.45 bits per heavy atom. The van der Waals surface area contributed by atoms with Gasteiger partial charge in [0.1, 0.15) is 32.0 Å². The third-order valence-electron chi connectivity index (χ3n) is 5.27. The average Bonchev–Trinajstić information content (AvgIpc) is 2.80. The van der Waals surface area contributed by atoms with Gasteiger partial charge in [0.2, 0.25) is 0 Å². The van der Waals surface area contributed by atoms with Gasteiger partial charge in [0.25, 0.3) is 5.91 Å². The third-order valence-corrected chi connectivity index (χ3v) is 5.80. The number of carbonyl (C=O) groups is 1. The van der Waals surface area contributed by atoms with E-state index in [2.05, 4.69) is 33.4 Å². The van der Waals surface area contributed by atoms with E-state index in [-0.39, 0.29) is 5.91 Å². The van der Waals surface area contributed by atoms with Gasteiger partial charge in [-0.05, 0) is 54.1 Å². The van der Waals surface area contributed by atoms with Crippen LogP contribution in [0.2, 0.25) is 0 Å². The number of benzene rings is 3. The van der Waals surface area contributed by atoms with E-state index >= 15 is 0 Å². The quantitative estimate of drug-likeness (QED) is 0.540. The lowest BCUT2D eigenvalue weighted by molar-refractivity contribution is -0.921. The van der Waals surface area contributed by atoms with Crippen molar-refractivity contribution in [3.63, 3.8) is 0 Å². The minimum Gasteiger partial charge on any atom is -0.489 e. The van der Waals surface area contributed by atoms with E-state index in [4.69, 9.17) is 9.47 Å². The summed E-state index contributed by atoms with van der Waals surface area (Å²) in [5.41, 5.74) is 3.67. The minimum atomic E-state index is -0.115. The summed E-state index contributed by atoms with van der Waals surface area (Å²) in [7, 11) is 0. The Kier molecular flexibility index (Phi) is 7.35. The van der Waals surface area contributed by atoms with E-state index in [9.17, 15) is 4.79 Å². The molecule has 1 fully saturated rings. The molecule has 0 saturated carbocycles. The molecule has 31 heavy (non-hydrogen) atoms. The molecular weight excluding hydrogens is 456 g/mol. The molecule has 1 amide bonds.